The first-order valence-corrected chi connectivity index (χ1v) is 6.37. The molecule has 1 aromatic rings. The Hall–Kier alpha value is -0.940. The van der Waals surface area contributed by atoms with Crippen molar-refractivity contribution in [1.82, 2.24) is 10.1 Å². The lowest BCUT2D eigenvalue weighted by Gasteiger charge is -2.20. The van der Waals surface area contributed by atoms with E-state index in [-0.39, 0.29) is 0 Å². The van der Waals surface area contributed by atoms with Gasteiger partial charge in [-0.1, -0.05) is 19.0 Å². The molecule has 0 aliphatic carbocycles. The molecule has 2 N–H and O–H groups in total. The van der Waals surface area contributed by atoms with E-state index in [0.717, 1.165) is 44.7 Å². The molecule has 0 radical (unpaired) electrons. The van der Waals surface area contributed by atoms with Crippen LogP contribution in [0, 0.1) is 5.92 Å². The molecule has 0 saturated carbocycles. The van der Waals surface area contributed by atoms with Crippen molar-refractivity contribution < 1.29 is 9.26 Å². The standard InChI is InChI=1S/C12H21N3O2/c1-3-12(13,4-2)11-14-10(15-17-11)7-9-5-6-16-8-9/h9H,3-8,13H2,1-2H3. The van der Waals surface area contributed by atoms with E-state index >= 15 is 0 Å². The van der Waals surface area contributed by atoms with Crippen molar-refractivity contribution in [2.45, 2.75) is 45.1 Å². The third-order valence-corrected chi connectivity index (χ3v) is 3.65. The summed E-state index contributed by atoms with van der Waals surface area (Å²) in [6.45, 7) is 5.73. The van der Waals surface area contributed by atoms with Gasteiger partial charge in [-0.15, -0.1) is 0 Å². The van der Waals surface area contributed by atoms with Gasteiger partial charge in [-0.05, 0) is 25.2 Å². The quantitative estimate of drug-likeness (QED) is 0.845. The summed E-state index contributed by atoms with van der Waals surface area (Å²) < 4.78 is 10.6. The van der Waals surface area contributed by atoms with Crippen LogP contribution in [0.1, 0.15) is 44.8 Å². The Balaban J connectivity index is 2.04. The summed E-state index contributed by atoms with van der Waals surface area (Å²) in [5, 5.41) is 4.02. The molecule has 1 atom stereocenters. The van der Waals surface area contributed by atoms with Crippen molar-refractivity contribution in [3.05, 3.63) is 11.7 Å². The molecule has 0 amide bonds. The Kier molecular flexibility index (Phi) is 3.79. The molecular weight excluding hydrogens is 218 g/mol. The lowest BCUT2D eigenvalue weighted by atomic mass is 9.94. The Bertz CT molecular complexity index is 354. The summed E-state index contributed by atoms with van der Waals surface area (Å²) in [4.78, 5) is 4.43. The van der Waals surface area contributed by atoms with E-state index in [2.05, 4.69) is 10.1 Å². The average molecular weight is 239 g/mol. The Labute approximate surface area is 102 Å². The maximum absolute atomic E-state index is 6.22. The summed E-state index contributed by atoms with van der Waals surface area (Å²) in [6, 6.07) is 0. The van der Waals surface area contributed by atoms with E-state index in [9.17, 15) is 0 Å². The molecule has 5 nitrogen and oxygen atoms in total. The van der Waals surface area contributed by atoms with E-state index in [0.29, 0.717) is 11.8 Å². The number of nitrogens with zero attached hydrogens (tertiary/aromatic N) is 2. The van der Waals surface area contributed by atoms with Crippen molar-refractivity contribution in [3.63, 3.8) is 0 Å². The second-order valence-electron chi connectivity index (χ2n) is 4.81. The van der Waals surface area contributed by atoms with Crippen LogP contribution in [0.3, 0.4) is 0 Å². The molecule has 0 spiro atoms. The first-order valence-electron chi connectivity index (χ1n) is 6.37. The lowest BCUT2D eigenvalue weighted by molar-refractivity contribution is 0.185. The van der Waals surface area contributed by atoms with Crippen LogP contribution >= 0.6 is 0 Å². The number of hydrogen-bond acceptors (Lipinski definition) is 5. The van der Waals surface area contributed by atoms with Crippen molar-refractivity contribution >= 4 is 0 Å². The van der Waals surface area contributed by atoms with E-state index < -0.39 is 5.54 Å². The number of aromatic nitrogens is 2. The zero-order chi connectivity index (χ0) is 12.3. The van der Waals surface area contributed by atoms with Crippen molar-refractivity contribution in [1.29, 1.82) is 0 Å². The second-order valence-corrected chi connectivity index (χ2v) is 4.81. The minimum Gasteiger partial charge on any atom is -0.381 e. The number of rotatable bonds is 5. The van der Waals surface area contributed by atoms with Gasteiger partial charge in [0.1, 0.15) is 0 Å². The molecule has 5 heteroatoms. The van der Waals surface area contributed by atoms with Crippen LogP contribution in [0.4, 0.5) is 0 Å². The summed E-state index contributed by atoms with van der Waals surface area (Å²) in [5.41, 5.74) is 5.74. The van der Waals surface area contributed by atoms with E-state index in [1.807, 2.05) is 13.8 Å². The van der Waals surface area contributed by atoms with Gasteiger partial charge in [-0.25, -0.2) is 0 Å². The fourth-order valence-corrected chi connectivity index (χ4v) is 2.09. The van der Waals surface area contributed by atoms with Crippen molar-refractivity contribution in [2.24, 2.45) is 11.7 Å². The molecule has 1 saturated heterocycles. The van der Waals surface area contributed by atoms with Gasteiger partial charge in [0.05, 0.1) is 5.54 Å². The van der Waals surface area contributed by atoms with Crippen LogP contribution in [-0.4, -0.2) is 23.4 Å². The van der Waals surface area contributed by atoms with Crippen LogP contribution in [0.15, 0.2) is 4.52 Å². The Morgan fingerprint density at radius 3 is 2.76 bits per heavy atom. The van der Waals surface area contributed by atoms with Crippen LogP contribution in [-0.2, 0) is 16.7 Å². The third-order valence-electron chi connectivity index (χ3n) is 3.65. The second kappa shape index (κ2) is 5.14. The smallest absolute Gasteiger partial charge is 0.246 e. The van der Waals surface area contributed by atoms with E-state index in [4.69, 9.17) is 15.0 Å². The predicted octanol–water partition coefficient (Wildman–Crippen LogP) is 1.62. The van der Waals surface area contributed by atoms with Gasteiger partial charge in [-0.3, -0.25) is 0 Å². The summed E-state index contributed by atoms with van der Waals surface area (Å²) in [7, 11) is 0. The maximum Gasteiger partial charge on any atom is 0.246 e. The zero-order valence-electron chi connectivity index (χ0n) is 10.6. The highest BCUT2D eigenvalue weighted by atomic mass is 16.5. The van der Waals surface area contributed by atoms with Gasteiger partial charge in [0.15, 0.2) is 5.82 Å². The number of nitrogens with two attached hydrogens (primary N) is 1. The van der Waals surface area contributed by atoms with E-state index in [1.165, 1.54) is 0 Å². The number of hydrogen-bond donors (Lipinski definition) is 1. The summed E-state index contributed by atoms with van der Waals surface area (Å²) >= 11 is 0. The van der Waals surface area contributed by atoms with Gasteiger partial charge in [0, 0.05) is 19.6 Å². The highest BCUT2D eigenvalue weighted by molar-refractivity contribution is 5.01. The van der Waals surface area contributed by atoms with Crippen molar-refractivity contribution in [2.75, 3.05) is 13.2 Å². The van der Waals surface area contributed by atoms with E-state index in [1.54, 1.807) is 0 Å². The summed E-state index contributed by atoms with van der Waals surface area (Å²) in [5.74, 6) is 1.85. The molecule has 0 aromatic carbocycles. The normalized spacial score (nSPS) is 21.0. The topological polar surface area (TPSA) is 74.2 Å². The van der Waals surface area contributed by atoms with Gasteiger partial charge in [0.25, 0.3) is 0 Å². The molecule has 1 aromatic heterocycles. The highest BCUT2D eigenvalue weighted by Gasteiger charge is 2.30. The first-order chi connectivity index (χ1) is 8.18. The lowest BCUT2D eigenvalue weighted by Crippen LogP contribution is -2.35. The van der Waals surface area contributed by atoms with Crippen LogP contribution in [0.25, 0.3) is 0 Å². The molecule has 0 bridgehead atoms. The molecule has 2 rings (SSSR count). The fourth-order valence-electron chi connectivity index (χ4n) is 2.09. The Morgan fingerprint density at radius 2 is 2.18 bits per heavy atom. The highest BCUT2D eigenvalue weighted by Crippen LogP contribution is 2.25. The molecule has 1 fully saturated rings. The molecule has 1 aliphatic rings. The Morgan fingerprint density at radius 1 is 1.41 bits per heavy atom. The molecule has 2 heterocycles. The number of ether oxygens (including phenoxy) is 1. The third kappa shape index (κ3) is 2.66. The van der Waals surface area contributed by atoms with Gasteiger partial charge in [-0.2, -0.15) is 4.98 Å². The van der Waals surface area contributed by atoms with Gasteiger partial charge in [0.2, 0.25) is 5.89 Å². The molecular formula is C12H21N3O2. The minimum atomic E-state index is -0.475. The SMILES string of the molecule is CCC(N)(CC)c1nc(CC2CCOC2)no1. The summed E-state index contributed by atoms with van der Waals surface area (Å²) in [6.07, 6.45) is 3.52. The van der Waals surface area contributed by atoms with Crippen LogP contribution in [0.5, 0.6) is 0 Å². The monoisotopic (exact) mass is 239 g/mol. The molecule has 1 aliphatic heterocycles. The molecule has 1 unspecified atom stereocenters. The average Bonchev–Trinajstić information content (AvgIpc) is 3.00. The predicted molar refractivity (Wildman–Crippen MR) is 63.4 cm³/mol. The zero-order valence-corrected chi connectivity index (χ0v) is 10.6. The molecule has 17 heavy (non-hydrogen) atoms. The largest absolute Gasteiger partial charge is 0.381 e. The first kappa shape index (κ1) is 12.5. The van der Waals surface area contributed by atoms with Gasteiger partial charge < -0.3 is 15.0 Å². The molecule has 96 valence electrons. The van der Waals surface area contributed by atoms with Crippen LogP contribution in [0.2, 0.25) is 0 Å². The van der Waals surface area contributed by atoms with Crippen molar-refractivity contribution in [3.8, 4) is 0 Å². The minimum absolute atomic E-state index is 0.475. The van der Waals surface area contributed by atoms with Gasteiger partial charge >= 0.3 is 0 Å². The fraction of sp³-hybridized carbons (Fsp3) is 0.833. The van der Waals surface area contributed by atoms with Crippen LogP contribution < -0.4 is 5.73 Å². The maximum atomic E-state index is 6.22.